The lowest BCUT2D eigenvalue weighted by Gasteiger charge is -2.05. The van der Waals surface area contributed by atoms with Gasteiger partial charge in [0.2, 0.25) is 0 Å². The fraction of sp³-hybridized carbons (Fsp3) is 0. The summed E-state index contributed by atoms with van der Waals surface area (Å²) in [5, 5.41) is 0. The van der Waals surface area contributed by atoms with Gasteiger partial charge in [0.1, 0.15) is 0 Å². The summed E-state index contributed by atoms with van der Waals surface area (Å²) in [6.45, 7) is 9.42. The fourth-order valence-electron chi connectivity index (χ4n) is 0.505. The molecule has 17 heavy (non-hydrogen) atoms. The fourth-order valence-corrected chi connectivity index (χ4v) is 0.505. The number of rotatable bonds is 6. The van der Waals surface area contributed by atoms with Crippen LogP contribution in [0.5, 0.6) is 0 Å². The molecule has 6 heteroatoms. The maximum Gasteiger partial charge on any atom is 0.338 e. The Morgan fingerprint density at radius 1 is 0.765 bits per heavy atom. The summed E-state index contributed by atoms with van der Waals surface area (Å²) < 4.78 is 13.3. The van der Waals surface area contributed by atoms with E-state index in [0.29, 0.717) is 6.26 Å². The van der Waals surface area contributed by atoms with Gasteiger partial charge >= 0.3 is 23.9 Å². The normalized spacial score (nSPS) is 8.24. The molecule has 90 valence electrons. The molecule has 0 amide bonds. The number of esters is 3. The molecule has 0 aliphatic heterocycles. The first-order valence-corrected chi connectivity index (χ1v) is 4.25. The van der Waals surface area contributed by atoms with Crippen molar-refractivity contribution in [2.75, 3.05) is 0 Å². The largest absolute Gasteiger partial charge is 0.424 e. The molecule has 0 rings (SSSR count). The van der Waals surface area contributed by atoms with Crippen molar-refractivity contribution < 1.29 is 28.6 Å². The van der Waals surface area contributed by atoms with Gasteiger partial charge in [0, 0.05) is 18.2 Å². The summed E-state index contributed by atoms with van der Waals surface area (Å²) in [6, 6.07) is 0. The van der Waals surface area contributed by atoms with Crippen molar-refractivity contribution >= 4 is 17.9 Å². The van der Waals surface area contributed by atoms with Crippen LogP contribution in [0.4, 0.5) is 0 Å². The van der Waals surface area contributed by atoms with Crippen LogP contribution in [0.3, 0.4) is 0 Å². The Hall–Kier alpha value is -2.63. The molecule has 0 radical (unpaired) electrons. The molecule has 0 bridgehead atoms. The second-order valence-electron chi connectivity index (χ2n) is 2.33. The quantitative estimate of drug-likeness (QED) is 0.390. The second kappa shape index (κ2) is 7.63. The van der Waals surface area contributed by atoms with E-state index in [1.807, 2.05) is 0 Å². The van der Waals surface area contributed by atoms with Crippen molar-refractivity contribution in [2.24, 2.45) is 0 Å². The molecule has 0 aromatic rings. The molecule has 0 fully saturated rings. The van der Waals surface area contributed by atoms with Gasteiger partial charge in [-0.1, -0.05) is 19.7 Å². The first kappa shape index (κ1) is 14.4. The van der Waals surface area contributed by atoms with Gasteiger partial charge in [0.25, 0.3) is 0 Å². The van der Waals surface area contributed by atoms with E-state index < -0.39 is 23.9 Å². The minimum Gasteiger partial charge on any atom is -0.424 e. The van der Waals surface area contributed by atoms with Gasteiger partial charge < -0.3 is 14.2 Å². The molecule has 0 unspecified atom stereocenters. The maximum atomic E-state index is 10.8. The summed E-state index contributed by atoms with van der Waals surface area (Å²) in [4.78, 5) is 32.4. The van der Waals surface area contributed by atoms with Gasteiger partial charge in [0.15, 0.2) is 6.26 Å². The lowest BCUT2D eigenvalue weighted by molar-refractivity contribution is -0.149. The Kier molecular flexibility index (Phi) is 6.45. The Morgan fingerprint density at radius 2 is 1.18 bits per heavy atom. The van der Waals surface area contributed by atoms with Crippen LogP contribution >= 0.6 is 0 Å². The van der Waals surface area contributed by atoms with E-state index in [0.717, 1.165) is 18.2 Å². The zero-order valence-electron chi connectivity index (χ0n) is 8.88. The van der Waals surface area contributed by atoms with E-state index in [4.69, 9.17) is 0 Å². The first-order valence-electron chi connectivity index (χ1n) is 4.25. The van der Waals surface area contributed by atoms with E-state index >= 15 is 0 Å². The summed E-state index contributed by atoms with van der Waals surface area (Å²) in [7, 11) is 0. The lowest BCUT2D eigenvalue weighted by atomic mass is 10.6. The number of hydrogen-bond donors (Lipinski definition) is 0. The lowest BCUT2D eigenvalue weighted by Crippen LogP contribution is -2.09. The van der Waals surface area contributed by atoms with E-state index in [9.17, 15) is 14.4 Å². The Morgan fingerprint density at radius 3 is 1.53 bits per heavy atom. The van der Waals surface area contributed by atoms with Crippen molar-refractivity contribution in [1.82, 2.24) is 0 Å². The van der Waals surface area contributed by atoms with Crippen LogP contribution in [-0.4, -0.2) is 17.9 Å². The number of ether oxygens (including phenoxy) is 3. The second-order valence-corrected chi connectivity index (χ2v) is 2.33. The first-order chi connectivity index (χ1) is 8.03. The molecule has 0 saturated carbocycles. The van der Waals surface area contributed by atoms with Gasteiger partial charge in [-0.2, -0.15) is 0 Å². The highest BCUT2D eigenvalue weighted by atomic mass is 16.7. The molecule has 0 aromatic heterocycles. The smallest absolute Gasteiger partial charge is 0.338 e. The van der Waals surface area contributed by atoms with Crippen LogP contribution in [0.2, 0.25) is 0 Å². The van der Waals surface area contributed by atoms with Crippen molar-refractivity contribution in [3.05, 3.63) is 50.2 Å². The van der Waals surface area contributed by atoms with Crippen LogP contribution in [0.25, 0.3) is 0 Å². The minimum atomic E-state index is -0.886. The van der Waals surface area contributed by atoms with E-state index in [1.165, 1.54) is 0 Å². The Labute approximate surface area is 97.5 Å². The maximum absolute atomic E-state index is 10.8. The molecule has 0 aliphatic rings. The molecule has 0 spiro atoms. The molecular weight excluding hydrogens is 228 g/mol. The summed E-state index contributed by atoms with van der Waals surface area (Å²) in [6.07, 6.45) is 3.20. The monoisotopic (exact) mass is 238 g/mol. The molecule has 0 heterocycles. The number of carbonyl (C=O) groups is 3. The van der Waals surface area contributed by atoms with Crippen LogP contribution in [0, 0.1) is 0 Å². The minimum absolute atomic E-state index is 0.616. The van der Waals surface area contributed by atoms with Crippen molar-refractivity contribution in [3.8, 4) is 0 Å². The number of carbonyl (C=O) groups excluding carboxylic acids is 3. The Balaban J connectivity index is 4.69. The molecule has 0 aliphatic carbocycles. The standard InChI is InChI=1S/C11H10O6/c1-4-8(12)15-7-11(16-9(13)5-2)17-10(14)6-3/h4-7H,1-3H2. The van der Waals surface area contributed by atoms with Crippen LogP contribution < -0.4 is 0 Å². The highest BCUT2D eigenvalue weighted by Gasteiger charge is 2.10. The summed E-state index contributed by atoms with van der Waals surface area (Å²) in [5.74, 6) is -3.20. The van der Waals surface area contributed by atoms with Crippen LogP contribution in [0.15, 0.2) is 50.2 Å². The van der Waals surface area contributed by atoms with E-state index in [1.54, 1.807) is 0 Å². The summed E-state index contributed by atoms with van der Waals surface area (Å²) >= 11 is 0. The predicted octanol–water partition coefficient (Wildman–Crippen LogP) is 0.973. The molecule has 0 saturated heterocycles. The van der Waals surface area contributed by atoms with Gasteiger partial charge in [-0.3, -0.25) is 0 Å². The van der Waals surface area contributed by atoms with Crippen LogP contribution in [0.1, 0.15) is 0 Å². The SMILES string of the molecule is C=CC(=O)OC=C(OC(=O)C=C)OC(=O)C=C. The molecule has 6 nitrogen and oxygen atoms in total. The Bertz CT molecular complexity index is 367. The van der Waals surface area contributed by atoms with E-state index in [-0.39, 0.29) is 0 Å². The highest BCUT2D eigenvalue weighted by Crippen LogP contribution is 2.03. The zero-order valence-corrected chi connectivity index (χ0v) is 8.88. The average molecular weight is 238 g/mol. The summed E-state index contributed by atoms with van der Waals surface area (Å²) in [5.41, 5.74) is 0. The van der Waals surface area contributed by atoms with Gasteiger partial charge in [-0.25, -0.2) is 14.4 Å². The van der Waals surface area contributed by atoms with E-state index in [2.05, 4.69) is 33.9 Å². The third kappa shape index (κ3) is 6.45. The zero-order chi connectivity index (χ0) is 13.3. The molecule has 0 atom stereocenters. The molecular formula is C11H10O6. The molecule has 0 aromatic carbocycles. The topological polar surface area (TPSA) is 78.9 Å². The van der Waals surface area contributed by atoms with Crippen molar-refractivity contribution in [3.63, 3.8) is 0 Å². The van der Waals surface area contributed by atoms with Crippen molar-refractivity contribution in [1.29, 1.82) is 0 Å². The van der Waals surface area contributed by atoms with Crippen molar-refractivity contribution in [2.45, 2.75) is 0 Å². The van der Waals surface area contributed by atoms with Gasteiger partial charge in [-0.05, 0) is 0 Å². The third-order valence-electron chi connectivity index (χ3n) is 1.17. The number of hydrogen-bond acceptors (Lipinski definition) is 6. The van der Waals surface area contributed by atoms with Gasteiger partial charge in [-0.15, -0.1) is 0 Å². The molecule has 0 N–H and O–H groups in total. The highest BCUT2D eigenvalue weighted by molar-refractivity contribution is 5.84. The third-order valence-corrected chi connectivity index (χ3v) is 1.17. The average Bonchev–Trinajstić information content (AvgIpc) is 2.34. The van der Waals surface area contributed by atoms with Crippen LogP contribution in [-0.2, 0) is 28.6 Å². The van der Waals surface area contributed by atoms with Gasteiger partial charge in [0.05, 0.1) is 0 Å². The predicted molar refractivity (Wildman–Crippen MR) is 57.0 cm³/mol.